The van der Waals surface area contributed by atoms with Gasteiger partial charge in [-0.15, -0.1) is 0 Å². The summed E-state index contributed by atoms with van der Waals surface area (Å²) in [6.07, 6.45) is 3.45. The number of rotatable bonds is 8. The average Bonchev–Trinajstić information content (AvgIpc) is 3.30. The van der Waals surface area contributed by atoms with Crippen LogP contribution < -0.4 is 11.1 Å². The quantitative estimate of drug-likeness (QED) is 0.386. The number of amides is 1. The fourth-order valence-corrected chi connectivity index (χ4v) is 6.15. The topological polar surface area (TPSA) is 108 Å². The minimum Gasteiger partial charge on any atom is -0.366 e. The smallest absolute Gasteiger partial charge is 0.250 e. The highest BCUT2D eigenvalue weighted by Crippen LogP contribution is 2.37. The Morgan fingerprint density at radius 2 is 1.86 bits per heavy atom. The van der Waals surface area contributed by atoms with E-state index in [0.717, 1.165) is 47.0 Å². The van der Waals surface area contributed by atoms with Crippen LogP contribution in [0.2, 0.25) is 0 Å². The Morgan fingerprint density at radius 1 is 1.16 bits per heavy atom. The van der Waals surface area contributed by atoms with Crippen molar-refractivity contribution in [1.29, 1.82) is 0 Å². The largest absolute Gasteiger partial charge is 0.366 e. The molecule has 8 heteroatoms. The molecule has 0 aliphatic carbocycles. The third kappa shape index (κ3) is 5.92. The average molecular weight is 525 g/mol. The summed E-state index contributed by atoms with van der Waals surface area (Å²) in [5.41, 5.74) is 11.4. The number of nitrogens with zero attached hydrogens (tertiary/aromatic N) is 1. The van der Waals surface area contributed by atoms with E-state index in [-0.39, 0.29) is 17.1 Å². The highest BCUT2D eigenvalue weighted by atomic mass is 32.2. The number of hydrogen-bond acceptors (Lipinski definition) is 4. The Hall–Kier alpha value is -2.68. The number of hydrogen-bond donors (Lipinski definition) is 3. The van der Waals surface area contributed by atoms with Crippen molar-refractivity contribution in [2.75, 3.05) is 18.8 Å². The molecule has 2 heterocycles. The Labute approximate surface area is 220 Å². The first-order valence-electron chi connectivity index (χ1n) is 13.2. The van der Waals surface area contributed by atoms with Crippen molar-refractivity contribution in [3.8, 4) is 11.1 Å². The van der Waals surface area contributed by atoms with E-state index < -0.39 is 15.9 Å². The maximum atomic E-state index is 12.4. The van der Waals surface area contributed by atoms with Gasteiger partial charge >= 0.3 is 0 Å². The van der Waals surface area contributed by atoms with Crippen molar-refractivity contribution >= 4 is 26.8 Å². The van der Waals surface area contributed by atoms with Crippen LogP contribution in [0, 0.1) is 5.41 Å². The van der Waals surface area contributed by atoms with Gasteiger partial charge < -0.3 is 16.0 Å². The molecule has 7 nitrogen and oxygen atoms in total. The van der Waals surface area contributed by atoms with Gasteiger partial charge in [-0.1, -0.05) is 39.0 Å². The third-order valence-corrected chi connectivity index (χ3v) is 9.79. The second-order valence-corrected chi connectivity index (χ2v) is 13.6. The van der Waals surface area contributed by atoms with E-state index in [4.69, 9.17) is 5.73 Å². The molecule has 1 aromatic heterocycles. The van der Waals surface area contributed by atoms with Crippen LogP contribution in [0.25, 0.3) is 22.0 Å². The lowest BCUT2D eigenvalue weighted by Crippen LogP contribution is -2.38. The van der Waals surface area contributed by atoms with Gasteiger partial charge in [0.15, 0.2) is 0 Å². The number of piperidine rings is 1. The molecule has 2 aromatic carbocycles. The molecule has 37 heavy (non-hydrogen) atoms. The van der Waals surface area contributed by atoms with Gasteiger partial charge in [0.05, 0.1) is 16.8 Å². The molecule has 0 radical (unpaired) electrons. The molecule has 1 amide bonds. The number of H-pyrrole nitrogens is 1. The number of fused-ring (bicyclic) bond motifs is 1. The lowest BCUT2D eigenvalue weighted by molar-refractivity contribution is 0.100. The lowest BCUT2D eigenvalue weighted by Gasteiger charge is -2.31. The number of sulfonamides is 1. The molecule has 1 aliphatic rings. The van der Waals surface area contributed by atoms with Crippen molar-refractivity contribution in [1.82, 2.24) is 14.6 Å². The summed E-state index contributed by atoms with van der Waals surface area (Å²) >= 11 is 0. The van der Waals surface area contributed by atoms with Crippen LogP contribution in [0.5, 0.6) is 0 Å². The van der Waals surface area contributed by atoms with Gasteiger partial charge in [-0.25, -0.2) is 12.7 Å². The molecule has 1 atom stereocenters. The molecule has 0 unspecified atom stereocenters. The zero-order chi connectivity index (χ0) is 27.0. The summed E-state index contributed by atoms with van der Waals surface area (Å²) < 4.78 is 26.2. The Kier molecular flexibility index (Phi) is 7.83. The van der Waals surface area contributed by atoms with E-state index in [1.165, 1.54) is 5.56 Å². The minimum atomic E-state index is -3.18. The van der Waals surface area contributed by atoms with Crippen LogP contribution in [0.15, 0.2) is 42.6 Å². The second kappa shape index (κ2) is 10.6. The minimum absolute atomic E-state index is 0.125. The number of nitrogens with one attached hydrogen (secondary N) is 2. The first-order valence-corrected chi connectivity index (χ1v) is 14.8. The highest BCUT2D eigenvalue weighted by molar-refractivity contribution is 7.89. The zero-order valence-corrected chi connectivity index (χ0v) is 23.4. The van der Waals surface area contributed by atoms with E-state index >= 15 is 0 Å². The number of aromatic amines is 1. The number of benzene rings is 2. The molecular weight excluding hydrogens is 484 g/mol. The summed E-state index contributed by atoms with van der Waals surface area (Å²) in [5, 5.41) is 4.60. The van der Waals surface area contributed by atoms with Crippen LogP contribution in [0.4, 0.5) is 0 Å². The van der Waals surface area contributed by atoms with Crippen molar-refractivity contribution in [3.63, 3.8) is 0 Å². The van der Waals surface area contributed by atoms with E-state index in [2.05, 4.69) is 62.3 Å². The van der Waals surface area contributed by atoms with Gasteiger partial charge in [0.25, 0.3) is 5.91 Å². The molecule has 4 rings (SSSR count). The standard InChI is InChI=1S/C29H40N4O3S/c1-6-37(35,36)33-12-10-21(11-13-33)26-18-32-27-24(26)15-23(16-25(27)28(30)34)22-9-7-8-20(14-22)17-31-19(2)29(3,4)5/h7-9,14-16,18-19,21,31-32H,6,10-13,17H2,1-5H3,(H2,30,34)/t19-/m1/s1. The molecule has 1 aliphatic heterocycles. The predicted octanol–water partition coefficient (Wildman–Crippen LogP) is 4.99. The second-order valence-electron chi connectivity index (χ2n) is 11.3. The van der Waals surface area contributed by atoms with Crippen molar-refractivity contribution in [2.24, 2.45) is 11.1 Å². The van der Waals surface area contributed by atoms with Crippen LogP contribution >= 0.6 is 0 Å². The lowest BCUT2D eigenvalue weighted by atomic mass is 9.88. The number of carbonyl (C=O) groups excluding carboxylic acids is 1. The summed E-state index contributed by atoms with van der Waals surface area (Å²) in [5.74, 6) is -0.136. The number of carbonyl (C=O) groups is 1. The van der Waals surface area contributed by atoms with E-state index in [1.54, 1.807) is 11.2 Å². The molecule has 3 aromatic rings. The van der Waals surface area contributed by atoms with Crippen LogP contribution in [0.3, 0.4) is 0 Å². The molecule has 1 fully saturated rings. The molecule has 4 N–H and O–H groups in total. The molecule has 0 spiro atoms. The predicted molar refractivity (Wildman–Crippen MR) is 151 cm³/mol. The summed E-state index contributed by atoms with van der Waals surface area (Å²) in [4.78, 5) is 15.7. The zero-order valence-electron chi connectivity index (χ0n) is 22.6. The van der Waals surface area contributed by atoms with Crippen LogP contribution in [-0.4, -0.2) is 48.5 Å². The Bertz CT molecular complexity index is 1380. The van der Waals surface area contributed by atoms with Crippen molar-refractivity contribution < 1.29 is 13.2 Å². The van der Waals surface area contributed by atoms with Gasteiger partial charge in [-0.2, -0.15) is 0 Å². The van der Waals surface area contributed by atoms with Gasteiger partial charge in [0.1, 0.15) is 0 Å². The van der Waals surface area contributed by atoms with Crippen molar-refractivity contribution in [3.05, 3.63) is 59.3 Å². The molecular formula is C29H40N4O3S. The van der Waals surface area contributed by atoms with Crippen LogP contribution in [-0.2, 0) is 16.6 Å². The fourth-order valence-electron chi connectivity index (χ4n) is 5.02. The summed E-state index contributed by atoms with van der Waals surface area (Å²) in [6, 6.07) is 12.7. The number of primary amides is 1. The van der Waals surface area contributed by atoms with Crippen molar-refractivity contribution in [2.45, 2.75) is 66.0 Å². The van der Waals surface area contributed by atoms with Crippen LogP contribution in [0.1, 0.15) is 74.9 Å². The monoisotopic (exact) mass is 524 g/mol. The number of aromatic nitrogens is 1. The van der Waals surface area contributed by atoms with Gasteiger partial charge in [-0.3, -0.25) is 4.79 Å². The first kappa shape index (κ1) is 27.4. The fraction of sp³-hybridized carbons (Fsp3) is 0.483. The van der Waals surface area contributed by atoms with Gasteiger partial charge in [0.2, 0.25) is 10.0 Å². The molecule has 1 saturated heterocycles. The van der Waals surface area contributed by atoms with E-state index in [9.17, 15) is 13.2 Å². The van der Waals surface area contributed by atoms with Gasteiger partial charge in [-0.05, 0) is 78.5 Å². The number of nitrogens with two attached hydrogens (primary N) is 1. The maximum Gasteiger partial charge on any atom is 0.250 e. The third-order valence-electron chi connectivity index (χ3n) is 7.91. The summed E-state index contributed by atoms with van der Waals surface area (Å²) in [6.45, 7) is 12.3. The SMILES string of the molecule is CCS(=O)(=O)N1CCC(c2c[nH]c3c(C(N)=O)cc(-c4cccc(CN[C@H](C)C(C)(C)C)c4)cc23)CC1. The maximum absolute atomic E-state index is 12.4. The Morgan fingerprint density at radius 3 is 2.49 bits per heavy atom. The summed E-state index contributed by atoms with van der Waals surface area (Å²) in [7, 11) is -3.18. The van der Waals surface area contributed by atoms with E-state index in [1.807, 2.05) is 18.3 Å². The highest BCUT2D eigenvalue weighted by Gasteiger charge is 2.29. The Balaban J connectivity index is 1.65. The molecule has 0 saturated carbocycles. The van der Waals surface area contributed by atoms with E-state index in [0.29, 0.717) is 24.7 Å². The first-order chi connectivity index (χ1) is 17.4. The van der Waals surface area contributed by atoms with Gasteiger partial charge in [0, 0.05) is 37.3 Å². The normalized spacial score (nSPS) is 16.8. The molecule has 0 bridgehead atoms. The molecule has 200 valence electrons.